The number of guanidine groups is 1. The highest BCUT2D eigenvalue weighted by Crippen LogP contribution is 2.18. The molecule has 0 fully saturated rings. The lowest BCUT2D eigenvalue weighted by atomic mass is 10.2. The average molecular weight is 411 g/mol. The van der Waals surface area contributed by atoms with E-state index in [0.717, 1.165) is 60.2 Å². The van der Waals surface area contributed by atoms with Gasteiger partial charge in [0.05, 0.1) is 22.9 Å². The first-order valence-corrected chi connectivity index (χ1v) is 11.0. The summed E-state index contributed by atoms with van der Waals surface area (Å²) in [5.74, 6) is 0.839. The largest absolute Gasteiger partial charge is 0.357 e. The minimum Gasteiger partial charge on any atom is -0.357 e. The van der Waals surface area contributed by atoms with Gasteiger partial charge >= 0.3 is 0 Å². The molecule has 6 nitrogen and oxygen atoms in total. The number of hydrogen-bond donors (Lipinski definition) is 2. The van der Waals surface area contributed by atoms with Crippen LogP contribution in [0.15, 0.2) is 40.7 Å². The summed E-state index contributed by atoms with van der Waals surface area (Å²) in [5.41, 5.74) is 5.48. The first-order valence-electron chi connectivity index (χ1n) is 10.1. The molecule has 0 bridgehead atoms. The van der Waals surface area contributed by atoms with Crippen molar-refractivity contribution in [2.75, 3.05) is 13.1 Å². The average Bonchev–Trinajstić information content (AvgIpc) is 3.27. The topological polar surface area (TPSA) is 67.1 Å². The van der Waals surface area contributed by atoms with Crippen molar-refractivity contribution < 1.29 is 0 Å². The van der Waals surface area contributed by atoms with Crippen molar-refractivity contribution in [1.82, 2.24) is 25.4 Å². The first-order chi connectivity index (χ1) is 14.1. The molecular formula is C22H30N6S. The number of para-hydroxylation sites is 1. The van der Waals surface area contributed by atoms with Gasteiger partial charge in [-0.2, -0.15) is 5.10 Å². The van der Waals surface area contributed by atoms with Gasteiger partial charge in [-0.3, -0.25) is 0 Å². The molecule has 0 aliphatic carbocycles. The lowest BCUT2D eigenvalue weighted by molar-refractivity contribution is 0.739. The van der Waals surface area contributed by atoms with E-state index in [9.17, 15) is 0 Å². The highest BCUT2D eigenvalue weighted by atomic mass is 32.1. The summed E-state index contributed by atoms with van der Waals surface area (Å²) in [6.45, 7) is 10.5. The molecule has 0 saturated heterocycles. The third-order valence-corrected chi connectivity index (χ3v) is 5.53. The Balaban J connectivity index is 1.63. The van der Waals surface area contributed by atoms with Crippen LogP contribution in [0.5, 0.6) is 0 Å². The van der Waals surface area contributed by atoms with Crippen LogP contribution in [0.2, 0.25) is 0 Å². The predicted octanol–water partition coefficient (Wildman–Crippen LogP) is 3.94. The van der Waals surface area contributed by atoms with Gasteiger partial charge in [-0.25, -0.2) is 14.7 Å². The monoisotopic (exact) mass is 410 g/mol. The van der Waals surface area contributed by atoms with Crippen molar-refractivity contribution >= 4 is 17.3 Å². The summed E-state index contributed by atoms with van der Waals surface area (Å²) < 4.78 is 2.00. The number of nitrogens with one attached hydrogen (secondary N) is 2. The molecule has 7 heteroatoms. The molecule has 2 aromatic heterocycles. The molecule has 0 saturated carbocycles. The Morgan fingerprint density at radius 1 is 1.14 bits per heavy atom. The van der Waals surface area contributed by atoms with Gasteiger partial charge in [0.1, 0.15) is 0 Å². The van der Waals surface area contributed by atoms with E-state index < -0.39 is 0 Å². The Kier molecular flexibility index (Phi) is 7.41. The maximum absolute atomic E-state index is 4.80. The minimum atomic E-state index is 0.593. The van der Waals surface area contributed by atoms with Gasteiger partial charge in [-0.05, 0) is 51.8 Å². The molecule has 2 N–H and O–H groups in total. The zero-order valence-electron chi connectivity index (χ0n) is 17.7. The predicted molar refractivity (Wildman–Crippen MR) is 121 cm³/mol. The lowest BCUT2D eigenvalue weighted by Crippen LogP contribution is -2.37. The first kappa shape index (κ1) is 21.0. The number of nitrogens with zero attached hydrogens (tertiary/aromatic N) is 4. The van der Waals surface area contributed by atoms with Gasteiger partial charge in [0.2, 0.25) is 0 Å². The second-order valence-corrected chi connectivity index (χ2v) is 8.02. The molecule has 3 rings (SSSR count). The fourth-order valence-electron chi connectivity index (χ4n) is 3.19. The molecule has 0 amide bonds. The van der Waals surface area contributed by atoms with Crippen LogP contribution in [0.25, 0.3) is 5.69 Å². The zero-order valence-corrected chi connectivity index (χ0v) is 18.5. The van der Waals surface area contributed by atoms with E-state index in [1.54, 1.807) is 11.3 Å². The van der Waals surface area contributed by atoms with Crippen LogP contribution < -0.4 is 10.6 Å². The van der Waals surface area contributed by atoms with Gasteiger partial charge in [0, 0.05) is 36.3 Å². The summed E-state index contributed by atoms with van der Waals surface area (Å²) in [5, 5.41) is 14.7. The maximum atomic E-state index is 4.80. The fraction of sp³-hybridized carbons (Fsp3) is 0.409. The molecule has 0 aliphatic heterocycles. The van der Waals surface area contributed by atoms with E-state index in [0.29, 0.717) is 6.54 Å². The maximum Gasteiger partial charge on any atom is 0.191 e. The third-order valence-electron chi connectivity index (χ3n) is 4.51. The molecule has 3 aromatic rings. The number of benzene rings is 1. The molecule has 1 aromatic carbocycles. The molecule has 2 heterocycles. The van der Waals surface area contributed by atoms with Crippen molar-refractivity contribution in [1.29, 1.82) is 0 Å². The summed E-state index contributed by atoms with van der Waals surface area (Å²) >= 11 is 1.74. The van der Waals surface area contributed by atoms with Gasteiger partial charge < -0.3 is 10.6 Å². The number of hydrogen-bond acceptors (Lipinski definition) is 4. The van der Waals surface area contributed by atoms with Crippen LogP contribution in [0.3, 0.4) is 0 Å². The molecule has 154 valence electrons. The molecule has 0 aliphatic rings. The Hall–Kier alpha value is -2.67. The van der Waals surface area contributed by atoms with Gasteiger partial charge in [0.25, 0.3) is 0 Å². The number of aliphatic imine (C=N–C) groups is 1. The number of aromatic nitrogens is 3. The number of rotatable bonds is 8. The van der Waals surface area contributed by atoms with Crippen molar-refractivity contribution in [3.05, 3.63) is 63.4 Å². The summed E-state index contributed by atoms with van der Waals surface area (Å²) in [7, 11) is 0. The van der Waals surface area contributed by atoms with E-state index in [2.05, 4.69) is 64.2 Å². The Bertz CT molecular complexity index is 956. The Morgan fingerprint density at radius 3 is 2.66 bits per heavy atom. The van der Waals surface area contributed by atoms with E-state index in [1.165, 1.54) is 5.01 Å². The fourth-order valence-corrected chi connectivity index (χ4v) is 4.01. The smallest absolute Gasteiger partial charge is 0.191 e. The van der Waals surface area contributed by atoms with Crippen LogP contribution in [-0.2, 0) is 13.0 Å². The Labute approximate surface area is 177 Å². The summed E-state index contributed by atoms with van der Waals surface area (Å²) in [6.07, 6.45) is 2.02. The van der Waals surface area contributed by atoms with Crippen molar-refractivity contribution in [3.8, 4) is 5.69 Å². The van der Waals surface area contributed by atoms with E-state index in [-0.39, 0.29) is 0 Å². The normalized spacial score (nSPS) is 11.7. The lowest BCUT2D eigenvalue weighted by Gasteiger charge is -2.13. The molecule has 29 heavy (non-hydrogen) atoms. The van der Waals surface area contributed by atoms with Crippen LogP contribution in [0.4, 0.5) is 0 Å². The van der Waals surface area contributed by atoms with E-state index in [1.807, 2.05) is 24.6 Å². The van der Waals surface area contributed by atoms with E-state index >= 15 is 0 Å². The second-order valence-electron chi connectivity index (χ2n) is 7.08. The summed E-state index contributed by atoms with van der Waals surface area (Å²) in [4.78, 5) is 9.32. The third kappa shape index (κ3) is 5.90. The molecular weight excluding hydrogens is 380 g/mol. The van der Waals surface area contributed by atoms with Crippen molar-refractivity contribution in [2.24, 2.45) is 4.99 Å². The highest BCUT2D eigenvalue weighted by Gasteiger charge is 2.09. The Morgan fingerprint density at radius 2 is 1.97 bits per heavy atom. The quantitative estimate of drug-likeness (QED) is 0.335. The van der Waals surface area contributed by atoms with Gasteiger partial charge in [-0.15, -0.1) is 11.3 Å². The minimum absolute atomic E-state index is 0.593. The molecule has 0 radical (unpaired) electrons. The molecule has 0 spiro atoms. The standard InChI is InChI=1S/C22H30N6S/c1-5-23-22(24-12-8-11-21-26-17(3)15-29-21)25-14-19-9-6-7-10-20(19)28-18(4)13-16(2)27-28/h6-7,9-10,13,15H,5,8,11-12,14H2,1-4H3,(H2,23,24,25). The second kappa shape index (κ2) is 10.2. The van der Waals surface area contributed by atoms with E-state index in [4.69, 9.17) is 4.99 Å². The SMILES string of the molecule is CCNC(=NCc1ccccc1-n1nc(C)cc1C)NCCCc1nc(C)cs1. The molecule has 0 unspecified atom stereocenters. The zero-order chi connectivity index (χ0) is 20.6. The molecule has 0 atom stereocenters. The number of thiazole rings is 1. The van der Waals surface area contributed by atoms with Crippen molar-refractivity contribution in [3.63, 3.8) is 0 Å². The van der Waals surface area contributed by atoms with Crippen LogP contribution >= 0.6 is 11.3 Å². The van der Waals surface area contributed by atoms with Gasteiger partial charge in [-0.1, -0.05) is 18.2 Å². The van der Waals surface area contributed by atoms with Gasteiger partial charge in [0.15, 0.2) is 5.96 Å². The van der Waals surface area contributed by atoms with Crippen LogP contribution in [-0.4, -0.2) is 33.8 Å². The number of aryl methyl sites for hydroxylation is 4. The van der Waals surface area contributed by atoms with Crippen molar-refractivity contribution in [2.45, 2.75) is 47.1 Å². The van der Waals surface area contributed by atoms with Crippen LogP contribution in [0, 0.1) is 20.8 Å². The van der Waals surface area contributed by atoms with Crippen LogP contribution in [0.1, 0.15) is 41.0 Å². The summed E-state index contributed by atoms with van der Waals surface area (Å²) in [6, 6.07) is 10.4. The highest BCUT2D eigenvalue weighted by molar-refractivity contribution is 7.09.